The summed E-state index contributed by atoms with van der Waals surface area (Å²) in [6, 6.07) is 0. The normalized spacial score (nSPS) is 13.4. The summed E-state index contributed by atoms with van der Waals surface area (Å²) in [7, 11) is 3.48. The fourth-order valence-electron chi connectivity index (χ4n) is 2.15. The van der Waals surface area contributed by atoms with Crippen LogP contribution >= 0.6 is 0 Å². The molecule has 0 aliphatic carbocycles. The van der Waals surface area contributed by atoms with E-state index in [9.17, 15) is 0 Å². The summed E-state index contributed by atoms with van der Waals surface area (Å²) < 4.78 is 16.7. The Balaban J connectivity index is 4.63. The van der Waals surface area contributed by atoms with Crippen LogP contribution in [0, 0.1) is 11.3 Å². The van der Waals surface area contributed by atoms with Crippen molar-refractivity contribution in [2.24, 2.45) is 11.3 Å². The minimum atomic E-state index is -0.121. The van der Waals surface area contributed by atoms with Gasteiger partial charge in [0.1, 0.15) is 0 Å². The highest BCUT2D eigenvalue weighted by molar-refractivity contribution is 4.81. The molecule has 0 rings (SSSR count). The van der Waals surface area contributed by atoms with Crippen molar-refractivity contribution in [1.82, 2.24) is 0 Å². The maximum Gasteiger partial charge on any atom is 0.0598 e. The Kier molecular flexibility index (Phi) is 7.29. The maximum atomic E-state index is 5.94. The van der Waals surface area contributed by atoms with Crippen LogP contribution in [-0.2, 0) is 14.2 Å². The maximum absolute atomic E-state index is 5.94. The molecule has 0 aliphatic rings. The van der Waals surface area contributed by atoms with Crippen LogP contribution in [0.2, 0.25) is 0 Å². The summed E-state index contributed by atoms with van der Waals surface area (Å²) in [6.07, 6.45) is 1.05. The first-order chi connectivity index (χ1) is 7.74. The molecule has 0 aromatic heterocycles. The van der Waals surface area contributed by atoms with Crippen LogP contribution in [0.3, 0.4) is 0 Å². The van der Waals surface area contributed by atoms with Gasteiger partial charge in [-0.2, -0.15) is 0 Å². The van der Waals surface area contributed by atoms with Crippen molar-refractivity contribution in [3.63, 3.8) is 0 Å². The van der Waals surface area contributed by atoms with Crippen molar-refractivity contribution in [2.45, 2.75) is 46.6 Å². The quantitative estimate of drug-likeness (QED) is 0.658. The molecule has 0 saturated heterocycles. The van der Waals surface area contributed by atoms with Gasteiger partial charge in [-0.3, -0.25) is 0 Å². The van der Waals surface area contributed by atoms with Crippen LogP contribution < -0.4 is 0 Å². The molecular formula is C14H30O3. The van der Waals surface area contributed by atoms with E-state index in [-0.39, 0.29) is 11.0 Å². The second-order valence-corrected chi connectivity index (χ2v) is 6.37. The molecule has 17 heavy (non-hydrogen) atoms. The standard InChI is InChI=1S/C14H30O3/c1-12(2)8-14(9-15-6,10-16-7)11-17-13(3,4)5/h12H,8-11H2,1-7H3. The van der Waals surface area contributed by atoms with Crippen LogP contribution in [-0.4, -0.2) is 39.6 Å². The van der Waals surface area contributed by atoms with Gasteiger partial charge in [-0.1, -0.05) is 13.8 Å². The van der Waals surface area contributed by atoms with E-state index >= 15 is 0 Å². The zero-order chi connectivity index (χ0) is 13.5. The van der Waals surface area contributed by atoms with Gasteiger partial charge in [-0.05, 0) is 33.1 Å². The van der Waals surface area contributed by atoms with Gasteiger partial charge in [0, 0.05) is 19.6 Å². The van der Waals surface area contributed by atoms with Crippen molar-refractivity contribution in [2.75, 3.05) is 34.0 Å². The van der Waals surface area contributed by atoms with E-state index in [0.29, 0.717) is 25.7 Å². The number of hydrogen-bond donors (Lipinski definition) is 0. The Bertz CT molecular complexity index is 188. The van der Waals surface area contributed by atoms with E-state index in [0.717, 1.165) is 6.42 Å². The zero-order valence-electron chi connectivity index (χ0n) is 12.6. The van der Waals surface area contributed by atoms with Crippen molar-refractivity contribution >= 4 is 0 Å². The van der Waals surface area contributed by atoms with Gasteiger partial charge in [0.2, 0.25) is 0 Å². The molecule has 0 bridgehead atoms. The molecule has 0 aliphatic heterocycles. The third-order valence-electron chi connectivity index (χ3n) is 2.55. The first-order valence-corrected chi connectivity index (χ1v) is 6.36. The molecule has 0 saturated carbocycles. The Morgan fingerprint density at radius 2 is 1.35 bits per heavy atom. The van der Waals surface area contributed by atoms with Gasteiger partial charge in [-0.25, -0.2) is 0 Å². The molecule has 0 aromatic carbocycles. The van der Waals surface area contributed by atoms with Crippen LogP contribution in [0.5, 0.6) is 0 Å². The molecule has 0 N–H and O–H groups in total. The molecule has 0 heterocycles. The van der Waals surface area contributed by atoms with Crippen LogP contribution in [0.15, 0.2) is 0 Å². The number of hydrogen-bond acceptors (Lipinski definition) is 3. The van der Waals surface area contributed by atoms with E-state index in [1.54, 1.807) is 14.2 Å². The van der Waals surface area contributed by atoms with Crippen molar-refractivity contribution in [3.8, 4) is 0 Å². The lowest BCUT2D eigenvalue weighted by Crippen LogP contribution is -2.40. The highest BCUT2D eigenvalue weighted by atomic mass is 16.5. The number of rotatable bonds is 8. The van der Waals surface area contributed by atoms with Crippen LogP contribution in [0.25, 0.3) is 0 Å². The van der Waals surface area contributed by atoms with Crippen LogP contribution in [0.4, 0.5) is 0 Å². The topological polar surface area (TPSA) is 27.7 Å². The molecule has 104 valence electrons. The minimum Gasteiger partial charge on any atom is -0.384 e. The smallest absolute Gasteiger partial charge is 0.0598 e. The van der Waals surface area contributed by atoms with E-state index in [4.69, 9.17) is 14.2 Å². The number of ether oxygens (including phenoxy) is 3. The molecule has 0 atom stereocenters. The summed E-state index contributed by atoms with van der Waals surface area (Å²) in [5.41, 5.74) is -0.158. The molecule has 3 heteroatoms. The SMILES string of the molecule is COCC(COC)(COC(C)(C)C)CC(C)C. The Hall–Kier alpha value is -0.120. The Labute approximate surface area is 107 Å². The third-order valence-corrected chi connectivity index (χ3v) is 2.55. The second kappa shape index (κ2) is 7.34. The minimum absolute atomic E-state index is 0.0368. The van der Waals surface area contributed by atoms with Gasteiger partial charge in [0.05, 0.1) is 25.4 Å². The molecular weight excluding hydrogens is 216 g/mol. The van der Waals surface area contributed by atoms with Gasteiger partial charge in [0.15, 0.2) is 0 Å². The first-order valence-electron chi connectivity index (χ1n) is 6.36. The molecule has 0 fully saturated rings. The lowest BCUT2D eigenvalue weighted by Gasteiger charge is -2.36. The average Bonchev–Trinajstić information content (AvgIpc) is 2.13. The number of methoxy groups -OCH3 is 2. The molecule has 3 nitrogen and oxygen atoms in total. The summed E-state index contributed by atoms with van der Waals surface area (Å²) in [5.74, 6) is 0.601. The van der Waals surface area contributed by atoms with E-state index in [1.807, 2.05) is 0 Å². The van der Waals surface area contributed by atoms with Crippen molar-refractivity contribution in [1.29, 1.82) is 0 Å². The summed E-state index contributed by atoms with van der Waals surface area (Å²) >= 11 is 0. The monoisotopic (exact) mass is 246 g/mol. The molecule has 0 amide bonds. The van der Waals surface area contributed by atoms with E-state index in [2.05, 4.69) is 34.6 Å². The third kappa shape index (κ3) is 7.74. The van der Waals surface area contributed by atoms with E-state index in [1.165, 1.54) is 0 Å². The molecule has 0 unspecified atom stereocenters. The second-order valence-electron chi connectivity index (χ2n) is 6.37. The highest BCUT2D eigenvalue weighted by Crippen LogP contribution is 2.29. The average molecular weight is 246 g/mol. The van der Waals surface area contributed by atoms with Gasteiger partial charge >= 0.3 is 0 Å². The van der Waals surface area contributed by atoms with E-state index < -0.39 is 0 Å². The van der Waals surface area contributed by atoms with Gasteiger partial charge in [-0.15, -0.1) is 0 Å². The lowest BCUT2D eigenvalue weighted by atomic mass is 9.82. The molecule has 0 aromatic rings. The lowest BCUT2D eigenvalue weighted by molar-refractivity contribution is -0.103. The van der Waals surface area contributed by atoms with Gasteiger partial charge in [0.25, 0.3) is 0 Å². The highest BCUT2D eigenvalue weighted by Gasteiger charge is 2.33. The Morgan fingerprint density at radius 3 is 1.65 bits per heavy atom. The van der Waals surface area contributed by atoms with Crippen molar-refractivity contribution in [3.05, 3.63) is 0 Å². The fourth-order valence-corrected chi connectivity index (χ4v) is 2.15. The van der Waals surface area contributed by atoms with Crippen LogP contribution in [0.1, 0.15) is 41.0 Å². The Morgan fingerprint density at radius 1 is 0.882 bits per heavy atom. The predicted molar refractivity (Wildman–Crippen MR) is 71.3 cm³/mol. The molecule has 0 spiro atoms. The fraction of sp³-hybridized carbons (Fsp3) is 1.00. The van der Waals surface area contributed by atoms with Crippen molar-refractivity contribution < 1.29 is 14.2 Å². The largest absolute Gasteiger partial charge is 0.384 e. The summed E-state index contributed by atoms with van der Waals surface area (Å²) in [5, 5.41) is 0. The van der Waals surface area contributed by atoms with Gasteiger partial charge < -0.3 is 14.2 Å². The summed E-state index contributed by atoms with van der Waals surface area (Å²) in [6.45, 7) is 12.7. The zero-order valence-corrected chi connectivity index (χ0v) is 12.6. The summed E-state index contributed by atoms with van der Waals surface area (Å²) in [4.78, 5) is 0. The first kappa shape index (κ1) is 16.9. The predicted octanol–water partition coefficient (Wildman–Crippen LogP) is 3.13. The molecule has 0 radical (unpaired) electrons.